The average Bonchev–Trinajstić information content (AvgIpc) is 3.16. The van der Waals surface area contributed by atoms with Crippen LogP contribution in [0, 0.1) is 17.6 Å². The summed E-state index contributed by atoms with van der Waals surface area (Å²) in [7, 11) is 0. The molecule has 0 radical (unpaired) electrons. The van der Waals surface area contributed by atoms with Crippen LogP contribution in [0.15, 0.2) is 60.3 Å². The molecule has 1 aromatic heterocycles. The standard InChI is InChI=1S/C23H24F2N4O2S/c1-4-11-29-22(16-5-8-18(9-6-16)31-13-15(2)3)27-28-23(29)32-14-21(30)26-20-10-7-17(24)12-19(20)25/h4-10,12,15H,1,11,13-14H2,2-3H3,(H,26,30). The van der Waals surface area contributed by atoms with Gasteiger partial charge in [0.2, 0.25) is 5.91 Å². The van der Waals surface area contributed by atoms with Crippen LogP contribution in [0.2, 0.25) is 0 Å². The zero-order chi connectivity index (χ0) is 23.1. The van der Waals surface area contributed by atoms with Gasteiger partial charge in [0, 0.05) is 18.2 Å². The summed E-state index contributed by atoms with van der Waals surface area (Å²) in [5, 5.41) is 11.4. The van der Waals surface area contributed by atoms with Gasteiger partial charge in [0.15, 0.2) is 11.0 Å². The molecule has 2 aromatic carbocycles. The highest BCUT2D eigenvalue weighted by Gasteiger charge is 2.16. The fourth-order valence-corrected chi connectivity index (χ4v) is 3.52. The molecule has 0 bridgehead atoms. The molecule has 3 aromatic rings. The number of halogens is 2. The summed E-state index contributed by atoms with van der Waals surface area (Å²) in [5.74, 6) is -0.165. The molecule has 0 atom stereocenters. The van der Waals surface area contributed by atoms with E-state index in [0.29, 0.717) is 30.1 Å². The van der Waals surface area contributed by atoms with Gasteiger partial charge in [-0.15, -0.1) is 16.8 Å². The highest BCUT2D eigenvalue weighted by atomic mass is 32.2. The number of ether oxygens (including phenoxy) is 1. The third-order valence-electron chi connectivity index (χ3n) is 4.26. The molecule has 6 nitrogen and oxygen atoms in total. The first-order valence-corrected chi connectivity index (χ1v) is 11.0. The smallest absolute Gasteiger partial charge is 0.234 e. The lowest BCUT2D eigenvalue weighted by atomic mass is 10.2. The van der Waals surface area contributed by atoms with Crippen molar-refractivity contribution in [1.29, 1.82) is 0 Å². The maximum Gasteiger partial charge on any atom is 0.234 e. The Hall–Kier alpha value is -3.20. The number of hydrogen-bond acceptors (Lipinski definition) is 5. The maximum atomic E-state index is 13.7. The number of hydrogen-bond donors (Lipinski definition) is 1. The Morgan fingerprint density at radius 3 is 2.62 bits per heavy atom. The number of rotatable bonds is 10. The van der Waals surface area contributed by atoms with Gasteiger partial charge in [-0.2, -0.15) is 0 Å². The van der Waals surface area contributed by atoms with Crippen LogP contribution in [0.5, 0.6) is 5.75 Å². The molecular weight excluding hydrogens is 434 g/mol. The number of benzene rings is 2. The molecule has 9 heteroatoms. The Balaban J connectivity index is 1.69. The third kappa shape index (κ3) is 6.16. The van der Waals surface area contributed by atoms with Crippen molar-refractivity contribution in [2.24, 2.45) is 5.92 Å². The molecule has 0 fully saturated rings. The zero-order valence-electron chi connectivity index (χ0n) is 17.8. The molecule has 32 heavy (non-hydrogen) atoms. The fourth-order valence-electron chi connectivity index (χ4n) is 2.77. The Morgan fingerprint density at radius 2 is 1.97 bits per heavy atom. The summed E-state index contributed by atoms with van der Waals surface area (Å²) >= 11 is 1.16. The van der Waals surface area contributed by atoms with Crippen molar-refractivity contribution in [2.75, 3.05) is 17.7 Å². The number of nitrogens with zero attached hydrogens (tertiary/aromatic N) is 3. The lowest BCUT2D eigenvalue weighted by Gasteiger charge is -2.10. The minimum Gasteiger partial charge on any atom is -0.493 e. The van der Waals surface area contributed by atoms with Crippen molar-refractivity contribution < 1.29 is 18.3 Å². The number of allylic oxidation sites excluding steroid dienone is 1. The first-order chi connectivity index (χ1) is 15.4. The van der Waals surface area contributed by atoms with Crippen LogP contribution in [0.25, 0.3) is 11.4 Å². The largest absolute Gasteiger partial charge is 0.493 e. The van der Waals surface area contributed by atoms with E-state index in [4.69, 9.17) is 4.74 Å². The number of nitrogens with one attached hydrogen (secondary N) is 1. The lowest BCUT2D eigenvalue weighted by molar-refractivity contribution is -0.113. The van der Waals surface area contributed by atoms with Crippen molar-refractivity contribution in [2.45, 2.75) is 25.5 Å². The molecule has 0 saturated heterocycles. The molecule has 0 aliphatic heterocycles. The van der Waals surface area contributed by atoms with Gasteiger partial charge in [-0.3, -0.25) is 9.36 Å². The van der Waals surface area contributed by atoms with E-state index in [1.165, 1.54) is 6.07 Å². The summed E-state index contributed by atoms with van der Waals surface area (Å²) in [5.41, 5.74) is 0.769. The normalized spacial score (nSPS) is 10.9. The molecule has 0 saturated carbocycles. The first kappa shape index (κ1) is 23.5. The summed E-state index contributed by atoms with van der Waals surface area (Å²) in [4.78, 5) is 12.2. The number of carbonyl (C=O) groups excluding carboxylic acids is 1. The summed E-state index contributed by atoms with van der Waals surface area (Å²) in [6.45, 7) is 9.03. The van der Waals surface area contributed by atoms with Gasteiger partial charge in [-0.1, -0.05) is 31.7 Å². The molecule has 1 N–H and O–H groups in total. The second-order valence-corrected chi connectivity index (χ2v) is 8.34. The minimum atomic E-state index is -0.832. The Morgan fingerprint density at radius 1 is 1.22 bits per heavy atom. The minimum absolute atomic E-state index is 0.0198. The molecule has 0 unspecified atom stereocenters. The SMILES string of the molecule is C=CCn1c(SCC(=O)Nc2ccc(F)cc2F)nnc1-c1ccc(OCC(C)C)cc1. The van der Waals surface area contributed by atoms with Gasteiger partial charge in [0.25, 0.3) is 0 Å². The van der Waals surface area contributed by atoms with E-state index in [-0.39, 0.29) is 11.4 Å². The number of thioether (sulfide) groups is 1. The van der Waals surface area contributed by atoms with E-state index < -0.39 is 17.5 Å². The highest BCUT2D eigenvalue weighted by molar-refractivity contribution is 7.99. The van der Waals surface area contributed by atoms with Crippen molar-refractivity contribution in [3.8, 4) is 17.1 Å². The van der Waals surface area contributed by atoms with Gasteiger partial charge in [0.1, 0.15) is 17.4 Å². The second-order valence-electron chi connectivity index (χ2n) is 7.40. The molecule has 1 heterocycles. The molecule has 3 rings (SSSR count). The van der Waals surface area contributed by atoms with Crippen LogP contribution in [-0.4, -0.2) is 33.0 Å². The molecule has 168 valence electrons. The Bertz CT molecular complexity index is 1080. The average molecular weight is 459 g/mol. The maximum absolute atomic E-state index is 13.7. The first-order valence-electron chi connectivity index (χ1n) is 10.0. The van der Waals surface area contributed by atoms with E-state index in [1.807, 2.05) is 28.8 Å². The molecule has 0 spiro atoms. The van der Waals surface area contributed by atoms with E-state index >= 15 is 0 Å². The van der Waals surface area contributed by atoms with Gasteiger partial charge in [0.05, 0.1) is 18.0 Å². The van der Waals surface area contributed by atoms with Crippen molar-refractivity contribution in [3.05, 3.63) is 66.8 Å². The zero-order valence-corrected chi connectivity index (χ0v) is 18.7. The number of aromatic nitrogens is 3. The third-order valence-corrected chi connectivity index (χ3v) is 5.23. The van der Waals surface area contributed by atoms with Gasteiger partial charge < -0.3 is 10.1 Å². The summed E-state index contributed by atoms with van der Waals surface area (Å²) in [6.07, 6.45) is 1.71. The second kappa shape index (κ2) is 10.9. The lowest BCUT2D eigenvalue weighted by Crippen LogP contribution is -2.15. The van der Waals surface area contributed by atoms with Crippen molar-refractivity contribution >= 4 is 23.4 Å². The number of carbonyl (C=O) groups is 1. The van der Waals surface area contributed by atoms with E-state index in [1.54, 1.807) is 6.08 Å². The Labute approximate surface area is 189 Å². The topological polar surface area (TPSA) is 69.0 Å². The quantitative estimate of drug-likeness (QED) is 0.335. The fraction of sp³-hybridized carbons (Fsp3) is 0.261. The van der Waals surface area contributed by atoms with E-state index in [2.05, 4.69) is 35.9 Å². The van der Waals surface area contributed by atoms with Crippen molar-refractivity contribution in [3.63, 3.8) is 0 Å². The van der Waals surface area contributed by atoms with Crippen LogP contribution in [0.3, 0.4) is 0 Å². The van der Waals surface area contributed by atoms with Crippen LogP contribution in [0.1, 0.15) is 13.8 Å². The molecular formula is C23H24F2N4O2S. The monoisotopic (exact) mass is 458 g/mol. The van der Waals surface area contributed by atoms with Crippen LogP contribution >= 0.6 is 11.8 Å². The van der Waals surface area contributed by atoms with E-state index in [0.717, 1.165) is 35.2 Å². The molecule has 1 amide bonds. The van der Waals surface area contributed by atoms with Crippen LogP contribution in [0.4, 0.5) is 14.5 Å². The van der Waals surface area contributed by atoms with Gasteiger partial charge >= 0.3 is 0 Å². The summed E-state index contributed by atoms with van der Waals surface area (Å²) in [6, 6.07) is 10.5. The molecule has 0 aliphatic carbocycles. The highest BCUT2D eigenvalue weighted by Crippen LogP contribution is 2.26. The van der Waals surface area contributed by atoms with Crippen LogP contribution in [-0.2, 0) is 11.3 Å². The van der Waals surface area contributed by atoms with Crippen LogP contribution < -0.4 is 10.1 Å². The van der Waals surface area contributed by atoms with Crippen molar-refractivity contribution in [1.82, 2.24) is 14.8 Å². The van der Waals surface area contributed by atoms with E-state index in [9.17, 15) is 13.6 Å². The number of amides is 1. The predicted molar refractivity (Wildman–Crippen MR) is 122 cm³/mol. The predicted octanol–water partition coefficient (Wildman–Crippen LogP) is 5.17. The van der Waals surface area contributed by atoms with Gasteiger partial charge in [-0.25, -0.2) is 8.78 Å². The molecule has 0 aliphatic rings. The number of anilines is 1. The summed E-state index contributed by atoms with van der Waals surface area (Å²) < 4.78 is 34.3. The van der Waals surface area contributed by atoms with Gasteiger partial charge in [-0.05, 0) is 42.3 Å². The Kier molecular flexibility index (Phi) is 7.99.